The van der Waals surface area contributed by atoms with Gasteiger partial charge in [0, 0.05) is 6.42 Å². The first-order valence-corrected chi connectivity index (χ1v) is 5.71. The molecule has 0 aromatic carbocycles. The summed E-state index contributed by atoms with van der Waals surface area (Å²) < 4.78 is 4.00. The predicted octanol–water partition coefficient (Wildman–Crippen LogP) is 3.71. The Balaban J connectivity index is 0. The Morgan fingerprint density at radius 2 is 1.83 bits per heavy atom. The smallest absolute Gasteiger partial charge is 0.306 e. The quantitative estimate of drug-likeness (QED) is 0.432. The maximum Gasteiger partial charge on any atom is 0.306 e. The molecule has 0 N–H and O–H groups in total. The fourth-order valence-electron chi connectivity index (χ4n) is 0.264. The molecule has 0 amide bonds. The van der Waals surface area contributed by atoms with E-state index in [1.807, 2.05) is 29.5 Å². The monoisotopic (exact) mass is 346 g/mol. The van der Waals surface area contributed by atoms with Crippen LogP contribution in [0.1, 0.15) is 20.3 Å². The number of alkyl halides is 4. The first kappa shape index (κ1) is 15.5. The second-order valence-electron chi connectivity index (χ2n) is 1.63. The van der Waals surface area contributed by atoms with E-state index in [0.29, 0.717) is 6.42 Å². The molecule has 0 spiro atoms. The van der Waals surface area contributed by atoms with Crippen molar-refractivity contribution in [3.63, 3.8) is 0 Å². The Hall–Kier alpha value is 1.07. The molecule has 12 heavy (non-hydrogen) atoms. The van der Waals surface area contributed by atoms with Gasteiger partial charge in [0.25, 0.3) is 0 Å². The number of carbonyl (C=O) groups excluding carboxylic acids is 1. The van der Waals surface area contributed by atoms with Crippen LogP contribution in [0.2, 0.25) is 0 Å². The van der Waals surface area contributed by atoms with Crippen molar-refractivity contribution in [2.75, 3.05) is 0 Å². The number of halogens is 4. The van der Waals surface area contributed by atoms with E-state index >= 15 is 0 Å². The molecule has 0 aromatic heterocycles. The van der Waals surface area contributed by atoms with Crippen LogP contribution in [0.4, 0.5) is 0 Å². The van der Waals surface area contributed by atoms with E-state index in [-0.39, 0.29) is 10.1 Å². The zero-order valence-corrected chi connectivity index (χ0v) is 11.1. The van der Waals surface area contributed by atoms with Crippen LogP contribution in [0.15, 0.2) is 0 Å². The second-order valence-corrected chi connectivity index (χ2v) is 5.37. The van der Waals surface area contributed by atoms with Crippen molar-refractivity contribution < 1.29 is 9.53 Å². The average molecular weight is 347 g/mol. The highest BCUT2D eigenvalue weighted by Crippen LogP contribution is 2.03. The van der Waals surface area contributed by atoms with Gasteiger partial charge in [0.1, 0.15) is 4.11 Å². The molecule has 0 aliphatic rings. The van der Waals surface area contributed by atoms with Crippen molar-refractivity contribution in [3.8, 4) is 0 Å². The molecule has 0 aliphatic carbocycles. The van der Waals surface area contributed by atoms with E-state index in [2.05, 4.69) is 0 Å². The summed E-state index contributed by atoms with van der Waals surface area (Å²) in [5, 5.41) is 0. The van der Waals surface area contributed by atoms with Crippen molar-refractivity contribution in [3.05, 3.63) is 0 Å². The summed E-state index contributed by atoms with van der Waals surface area (Å²) in [6.45, 7) is 3.61. The summed E-state index contributed by atoms with van der Waals surface area (Å²) in [5.41, 5.74) is 0. The van der Waals surface area contributed by atoms with Gasteiger partial charge in [-0.05, 0) is 29.5 Å². The molecule has 1 unspecified atom stereocenters. The highest BCUT2D eigenvalue weighted by atomic mass is 127. The number of rotatable bonds is 2. The van der Waals surface area contributed by atoms with Gasteiger partial charge in [0.2, 0.25) is 0 Å². The van der Waals surface area contributed by atoms with Gasteiger partial charge >= 0.3 is 5.97 Å². The lowest BCUT2D eigenvalue weighted by molar-refractivity contribution is -0.143. The Morgan fingerprint density at radius 1 is 1.50 bits per heavy atom. The van der Waals surface area contributed by atoms with Gasteiger partial charge in [-0.1, -0.05) is 41.7 Å². The molecule has 0 radical (unpaired) electrons. The standard InChI is InChI=1S/C5H9IO2.CHCl3/c1-3-5(7)8-4(2)6;2-1(3)4/h4H,3H2,1-2H3;1H. The van der Waals surface area contributed by atoms with Gasteiger partial charge in [-0.25, -0.2) is 0 Å². The third-order valence-electron chi connectivity index (χ3n) is 0.583. The van der Waals surface area contributed by atoms with Gasteiger partial charge in [-0.3, -0.25) is 4.79 Å². The van der Waals surface area contributed by atoms with Crippen LogP contribution in [-0.4, -0.2) is 14.4 Å². The predicted molar refractivity (Wildman–Crippen MR) is 61.2 cm³/mol. The van der Waals surface area contributed by atoms with Crippen molar-refractivity contribution in [2.24, 2.45) is 0 Å². The summed E-state index contributed by atoms with van der Waals surface area (Å²) in [4.78, 5) is 10.4. The summed E-state index contributed by atoms with van der Waals surface area (Å²) >= 11 is 16.5. The van der Waals surface area contributed by atoms with Gasteiger partial charge < -0.3 is 4.74 Å². The average Bonchev–Trinajstić information content (AvgIpc) is 1.84. The van der Waals surface area contributed by atoms with Gasteiger partial charge in [0.05, 0.1) is 0 Å². The number of ether oxygens (including phenoxy) is 1. The van der Waals surface area contributed by atoms with E-state index in [9.17, 15) is 4.79 Å². The third kappa shape index (κ3) is 22.5. The molecule has 0 fully saturated rings. The van der Waals surface area contributed by atoms with E-state index in [4.69, 9.17) is 39.5 Å². The minimum atomic E-state index is -0.750. The van der Waals surface area contributed by atoms with Crippen LogP contribution in [0, 0.1) is 0 Å². The molecular weight excluding hydrogens is 337 g/mol. The van der Waals surface area contributed by atoms with Gasteiger partial charge in [-0.15, -0.1) is 0 Å². The number of hydrogen-bond acceptors (Lipinski definition) is 2. The van der Waals surface area contributed by atoms with Crippen LogP contribution in [0.5, 0.6) is 0 Å². The summed E-state index contributed by atoms with van der Waals surface area (Å²) in [6, 6.07) is 0. The number of carbonyl (C=O) groups is 1. The lowest BCUT2D eigenvalue weighted by atomic mass is 10.5. The molecule has 0 aromatic rings. The van der Waals surface area contributed by atoms with Crippen LogP contribution < -0.4 is 0 Å². The third-order valence-corrected chi connectivity index (χ3v) is 0.837. The molecule has 74 valence electrons. The number of hydrogen-bond donors (Lipinski definition) is 0. The molecule has 0 bridgehead atoms. The fourth-order valence-corrected chi connectivity index (χ4v) is 0.548. The van der Waals surface area contributed by atoms with E-state index in [1.165, 1.54) is 0 Å². The summed E-state index contributed by atoms with van der Waals surface area (Å²) in [7, 11) is 0. The van der Waals surface area contributed by atoms with Crippen molar-refractivity contribution >= 4 is 63.4 Å². The molecule has 6 heteroatoms. The Morgan fingerprint density at radius 3 is 1.92 bits per heavy atom. The normalized spacial score (nSPS) is 11.6. The summed E-state index contributed by atoms with van der Waals surface area (Å²) in [6.07, 6.45) is 0.466. The maximum atomic E-state index is 10.4. The topological polar surface area (TPSA) is 26.3 Å². The van der Waals surface area contributed by atoms with Crippen molar-refractivity contribution in [1.82, 2.24) is 0 Å². The lowest BCUT2D eigenvalue weighted by Gasteiger charge is -2.02. The number of esters is 1. The zero-order chi connectivity index (χ0) is 10.1. The largest absolute Gasteiger partial charge is 0.452 e. The van der Waals surface area contributed by atoms with E-state index in [0.717, 1.165) is 0 Å². The fraction of sp³-hybridized carbons (Fsp3) is 0.833. The van der Waals surface area contributed by atoms with Crippen LogP contribution in [-0.2, 0) is 9.53 Å². The maximum absolute atomic E-state index is 10.4. The molecule has 0 aliphatic heterocycles. The van der Waals surface area contributed by atoms with Crippen molar-refractivity contribution in [2.45, 2.75) is 28.7 Å². The van der Waals surface area contributed by atoms with Crippen LogP contribution in [0.3, 0.4) is 0 Å². The molecule has 1 atom stereocenters. The molecule has 0 saturated carbocycles. The van der Waals surface area contributed by atoms with E-state index in [1.54, 1.807) is 6.92 Å². The first-order chi connectivity index (χ1) is 5.40. The van der Waals surface area contributed by atoms with E-state index < -0.39 is 4.30 Å². The highest BCUT2D eigenvalue weighted by Gasteiger charge is 2.00. The Bertz CT molecular complexity index is 117. The van der Waals surface area contributed by atoms with Crippen LogP contribution in [0.25, 0.3) is 0 Å². The molecule has 0 heterocycles. The molecule has 0 saturated heterocycles. The molecule has 2 nitrogen and oxygen atoms in total. The van der Waals surface area contributed by atoms with Crippen molar-refractivity contribution in [1.29, 1.82) is 0 Å². The van der Waals surface area contributed by atoms with Gasteiger partial charge in [0.15, 0.2) is 4.30 Å². The summed E-state index contributed by atoms with van der Waals surface area (Å²) in [5.74, 6) is -0.132. The molecular formula is C6H10Cl3IO2. The van der Waals surface area contributed by atoms with Gasteiger partial charge in [-0.2, -0.15) is 0 Å². The first-order valence-electron chi connectivity index (χ1n) is 3.15. The SMILES string of the molecule is CCC(=O)OC(C)I.ClC(Cl)Cl. The Labute approximate surface area is 101 Å². The Kier molecular flexibility index (Phi) is 13.1. The lowest BCUT2D eigenvalue weighted by Crippen LogP contribution is -2.06. The second kappa shape index (κ2) is 10.2. The minimum absolute atomic E-state index is 0.0000463. The minimum Gasteiger partial charge on any atom is -0.452 e. The van der Waals surface area contributed by atoms with Crippen LogP contribution >= 0.6 is 57.4 Å². The zero-order valence-electron chi connectivity index (χ0n) is 6.69. The highest BCUT2D eigenvalue weighted by molar-refractivity contribution is 14.1. The molecule has 0 rings (SSSR count).